The molecule has 0 aliphatic heterocycles. The molecule has 0 radical (unpaired) electrons. The average molecular weight is 153 g/mol. The van der Waals surface area contributed by atoms with Crippen molar-refractivity contribution in [3.63, 3.8) is 0 Å². The summed E-state index contributed by atoms with van der Waals surface area (Å²) < 4.78 is 0. The smallest absolute Gasteiger partial charge is 1.00 e. The zero-order valence-corrected chi connectivity index (χ0v) is 9.49. The molecule has 0 aromatic carbocycles. The summed E-state index contributed by atoms with van der Waals surface area (Å²) in [5.74, 6) is 0. The largest absolute Gasteiger partial charge is 1.00 e. The van der Waals surface area contributed by atoms with Gasteiger partial charge in [0.05, 0.1) is 0 Å². The van der Waals surface area contributed by atoms with Gasteiger partial charge in [0, 0.05) is 0 Å². The Bertz CT molecular complexity index is 4.85. The molecular formula is HCl3Na2. The van der Waals surface area contributed by atoms with Gasteiger partial charge in [-0.05, 0) is 0 Å². The van der Waals surface area contributed by atoms with Crippen LogP contribution >= 0.6 is 12.4 Å². The van der Waals surface area contributed by atoms with Gasteiger partial charge in [-0.25, -0.2) is 0 Å². The van der Waals surface area contributed by atoms with Crippen LogP contribution in [0.3, 0.4) is 0 Å². The Morgan fingerprint density at radius 1 is 0.600 bits per heavy atom. The third kappa shape index (κ3) is 19.8. The van der Waals surface area contributed by atoms with E-state index in [9.17, 15) is 0 Å². The Labute approximate surface area is 94.7 Å². The molecule has 0 atom stereocenters. The molecular weight excluding hydrogens is 152 g/mol. The van der Waals surface area contributed by atoms with Crippen LogP contribution in [0.1, 0.15) is 0 Å². The number of halogens is 3. The molecule has 0 aromatic rings. The molecule has 5 heteroatoms. The van der Waals surface area contributed by atoms with E-state index in [4.69, 9.17) is 0 Å². The van der Waals surface area contributed by atoms with Gasteiger partial charge in [-0.2, -0.15) is 0 Å². The predicted molar refractivity (Wildman–Crippen MR) is 7.25 cm³/mol. The molecule has 0 bridgehead atoms. The first-order chi connectivity index (χ1) is 0. The Morgan fingerprint density at radius 2 is 0.600 bits per heavy atom. The zero-order chi connectivity index (χ0) is 0. The van der Waals surface area contributed by atoms with Crippen molar-refractivity contribution in [2.24, 2.45) is 0 Å². The molecule has 0 heterocycles. The molecule has 0 aliphatic rings. The Morgan fingerprint density at radius 3 is 0.600 bits per heavy atom. The molecule has 0 spiro atoms. The number of hydrogen-bond donors (Lipinski definition) is 0. The summed E-state index contributed by atoms with van der Waals surface area (Å²) in [4.78, 5) is 0. The third-order valence-corrected chi connectivity index (χ3v) is 0. The second kappa shape index (κ2) is 28.7. The maximum absolute atomic E-state index is 0. The van der Waals surface area contributed by atoms with Crippen LogP contribution in [0, 0.1) is 0 Å². The molecule has 0 amide bonds. The topological polar surface area (TPSA) is 0 Å². The van der Waals surface area contributed by atoms with Gasteiger partial charge in [0.2, 0.25) is 0 Å². The average Bonchev–Trinajstić information content (AvgIpc) is 0. The van der Waals surface area contributed by atoms with E-state index in [1.165, 1.54) is 0 Å². The van der Waals surface area contributed by atoms with Crippen molar-refractivity contribution in [1.29, 1.82) is 0 Å². The van der Waals surface area contributed by atoms with Gasteiger partial charge >= 0.3 is 59.1 Å². The van der Waals surface area contributed by atoms with Gasteiger partial charge in [-0.1, -0.05) is 0 Å². The standard InChI is InChI=1S/3ClH.2Na/h3*1H;;/q;;;2*+1/p-2. The van der Waals surface area contributed by atoms with E-state index in [-0.39, 0.29) is 96.3 Å². The van der Waals surface area contributed by atoms with Crippen molar-refractivity contribution >= 4 is 12.4 Å². The van der Waals surface area contributed by atoms with Gasteiger partial charge in [0.15, 0.2) is 0 Å². The van der Waals surface area contributed by atoms with Crippen LogP contribution in [0.25, 0.3) is 0 Å². The maximum Gasteiger partial charge on any atom is 1.00 e. The van der Waals surface area contributed by atoms with Gasteiger partial charge < -0.3 is 24.8 Å². The third-order valence-electron chi connectivity index (χ3n) is 0. The van der Waals surface area contributed by atoms with Gasteiger partial charge in [0.1, 0.15) is 0 Å². The SMILES string of the molecule is Cl.[Cl-].[Cl-].[Na+].[Na+]. The van der Waals surface area contributed by atoms with Crippen molar-refractivity contribution in [3.05, 3.63) is 0 Å². The number of rotatable bonds is 0. The molecule has 0 aliphatic carbocycles. The second-order valence-corrected chi connectivity index (χ2v) is 0. The summed E-state index contributed by atoms with van der Waals surface area (Å²) in [5, 5.41) is 0. The predicted octanol–water partition coefficient (Wildman–Crippen LogP) is -11.6. The first kappa shape index (κ1) is 45.1. The molecule has 5 heavy (non-hydrogen) atoms. The number of hydrogen-bond acceptors (Lipinski definition) is 0. The minimum absolute atomic E-state index is 0. The second-order valence-electron chi connectivity index (χ2n) is 0. The summed E-state index contributed by atoms with van der Waals surface area (Å²) in [6, 6.07) is 0. The molecule has 0 rings (SSSR count). The van der Waals surface area contributed by atoms with Crippen LogP contribution in [0.5, 0.6) is 0 Å². The summed E-state index contributed by atoms with van der Waals surface area (Å²) in [7, 11) is 0. The van der Waals surface area contributed by atoms with Crippen LogP contribution in [0.2, 0.25) is 0 Å². The minimum atomic E-state index is 0. The normalized spacial score (nSPS) is 0. The summed E-state index contributed by atoms with van der Waals surface area (Å²) in [5.41, 5.74) is 0. The van der Waals surface area contributed by atoms with Crippen LogP contribution < -0.4 is 83.9 Å². The molecule has 0 saturated carbocycles. The van der Waals surface area contributed by atoms with E-state index < -0.39 is 0 Å². The molecule has 24 valence electrons. The monoisotopic (exact) mass is 152 g/mol. The van der Waals surface area contributed by atoms with E-state index in [0.29, 0.717) is 0 Å². The van der Waals surface area contributed by atoms with E-state index >= 15 is 0 Å². The Hall–Kier alpha value is 2.87. The first-order valence-electron chi connectivity index (χ1n) is 0. The molecule has 0 nitrogen and oxygen atoms in total. The molecule has 0 unspecified atom stereocenters. The fourth-order valence-electron chi connectivity index (χ4n) is 0. The summed E-state index contributed by atoms with van der Waals surface area (Å²) >= 11 is 0. The van der Waals surface area contributed by atoms with E-state index in [0.717, 1.165) is 0 Å². The fourth-order valence-corrected chi connectivity index (χ4v) is 0. The maximum atomic E-state index is 0. The summed E-state index contributed by atoms with van der Waals surface area (Å²) in [6.45, 7) is 0. The van der Waals surface area contributed by atoms with Crippen LogP contribution in [-0.2, 0) is 0 Å². The van der Waals surface area contributed by atoms with Gasteiger partial charge in [-0.3, -0.25) is 0 Å². The van der Waals surface area contributed by atoms with Gasteiger partial charge in [-0.15, -0.1) is 12.4 Å². The van der Waals surface area contributed by atoms with Crippen molar-refractivity contribution in [2.75, 3.05) is 0 Å². The first-order valence-corrected chi connectivity index (χ1v) is 0. The van der Waals surface area contributed by atoms with E-state index in [1.54, 1.807) is 0 Å². The Balaban J connectivity index is 0. The van der Waals surface area contributed by atoms with Gasteiger partial charge in [0.25, 0.3) is 0 Å². The van der Waals surface area contributed by atoms with Crippen LogP contribution in [-0.4, -0.2) is 0 Å². The summed E-state index contributed by atoms with van der Waals surface area (Å²) in [6.07, 6.45) is 0. The van der Waals surface area contributed by atoms with Crippen LogP contribution in [0.4, 0.5) is 0 Å². The van der Waals surface area contributed by atoms with Crippen molar-refractivity contribution in [3.8, 4) is 0 Å². The molecule has 0 aromatic heterocycles. The quantitative estimate of drug-likeness (QED) is 0.303. The van der Waals surface area contributed by atoms with Crippen molar-refractivity contribution < 1.29 is 83.9 Å². The Kier molecular flexibility index (Phi) is 259. The van der Waals surface area contributed by atoms with Crippen molar-refractivity contribution in [1.82, 2.24) is 0 Å². The van der Waals surface area contributed by atoms with Crippen LogP contribution in [0.15, 0.2) is 0 Å². The zero-order valence-electron chi connectivity index (χ0n) is 3.16. The van der Waals surface area contributed by atoms with E-state index in [1.807, 2.05) is 0 Å². The van der Waals surface area contributed by atoms with E-state index in [2.05, 4.69) is 0 Å². The van der Waals surface area contributed by atoms with Crippen molar-refractivity contribution in [2.45, 2.75) is 0 Å². The molecule has 0 fully saturated rings. The molecule has 0 N–H and O–H groups in total. The molecule has 0 saturated heterocycles. The fraction of sp³-hybridized carbons (Fsp3) is 0. The minimum Gasteiger partial charge on any atom is -1.00 e.